The zero-order valence-electron chi connectivity index (χ0n) is 8.45. The molecule has 2 rings (SSSR count). The fourth-order valence-electron chi connectivity index (χ4n) is 1.70. The largest absolute Gasteiger partial charge is 0.481 e. The Labute approximate surface area is 82.5 Å². The Bertz CT molecular complexity index is 377. The third kappa shape index (κ3) is 1.31. The summed E-state index contributed by atoms with van der Waals surface area (Å²) in [4.78, 5) is 11.0. The topological polar surface area (TPSA) is 55.1 Å². The van der Waals surface area contributed by atoms with E-state index in [1.165, 1.54) is 0 Å². The molecule has 0 unspecified atom stereocenters. The van der Waals surface area contributed by atoms with E-state index < -0.39 is 11.4 Å². The van der Waals surface area contributed by atoms with Crippen LogP contribution in [0.25, 0.3) is 0 Å². The lowest BCUT2D eigenvalue weighted by molar-refractivity contribution is -0.143. The first-order valence-electron chi connectivity index (χ1n) is 4.76. The summed E-state index contributed by atoms with van der Waals surface area (Å²) in [6.07, 6.45) is 4.01. The van der Waals surface area contributed by atoms with Crippen LogP contribution in [0.3, 0.4) is 0 Å². The number of aromatic nitrogens is 2. The molecule has 1 fully saturated rings. The normalized spacial score (nSPS) is 18.1. The number of carboxylic acids is 1. The SMILES string of the molecule is Cc1c(CC2(C(=O)O)CC2)cnn1C. The van der Waals surface area contributed by atoms with Crippen molar-refractivity contribution in [1.82, 2.24) is 9.78 Å². The molecule has 0 amide bonds. The van der Waals surface area contributed by atoms with Crippen molar-refractivity contribution in [2.75, 3.05) is 0 Å². The summed E-state index contributed by atoms with van der Waals surface area (Å²) in [5.41, 5.74) is 1.65. The second-order valence-corrected chi connectivity index (χ2v) is 4.14. The van der Waals surface area contributed by atoms with Crippen LogP contribution < -0.4 is 0 Å². The quantitative estimate of drug-likeness (QED) is 0.784. The molecule has 0 spiro atoms. The third-order valence-corrected chi connectivity index (χ3v) is 3.17. The molecule has 14 heavy (non-hydrogen) atoms. The molecule has 1 aliphatic rings. The smallest absolute Gasteiger partial charge is 0.309 e. The Balaban J connectivity index is 2.19. The molecule has 0 bridgehead atoms. The predicted octanol–water partition coefficient (Wildman–Crippen LogP) is 1.14. The van der Waals surface area contributed by atoms with E-state index >= 15 is 0 Å². The van der Waals surface area contributed by atoms with Crippen molar-refractivity contribution in [3.05, 3.63) is 17.5 Å². The number of nitrogens with zero attached hydrogens (tertiary/aromatic N) is 2. The summed E-state index contributed by atoms with van der Waals surface area (Å²) in [5, 5.41) is 13.1. The van der Waals surface area contributed by atoms with E-state index in [9.17, 15) is 4.79 Å². The molecule has 1 N–H and O–H groups in total. The Morgan fingerprint density at radius 2 is 2.36 bits per heavy atom. The van der Waals surface area contributed by atoms with Gasteiger partial charge in [-0.2, -0.15) is 5.10 Å². The molecule has 4 nitrogen and oxygen atoms in total. The maximum absolute atomic E-state index is 11.0. The zero-order valence-corrected chi connectivity index (χ0v) is 8.45. The summed E-state index contributed by atoms with van der Waals surface area (Å²) >= 11 is 0. The lowest BCUT2D eigenvalue weighted by Crippen LogP contribution is -2.17. The fourth-order valence-corrected chi connectivity index (χ4v) is 1.70. The summed E-state index contributed by atoms with van der Waals surface area (Å²) < 4.78 is 1.78. The van der Waals surface area contributed by atoms with Gasteiger partial charge in [-0.25, -0.2) is 0 Å². The molecule has 0 saturated heterocycles. The van der Waals surface area contributed by atoms with Crippen molar-refractivity contribution in [3.8, 4) is 0 Å². The van der Waals surface area contributed by atoms with E-state index in [1.54, 1.807) is 10.9 Å². The first kappa shape index (κ1) is 9.24. The standard InChI is InChI=1S/C10H14N2O2/c1-7-8(6-11-12(7)2)5-10(3-4-10)9(13)14/h6H,3-5H2,1-2H3,(H,13,14). The number of carbonyl (C=O) groups is 1. The van der Waals surface area contributed by atoms with Gasteiger partial charge in [-0.15, -0.1) is 0 Å². The minimum absolute atomic E-state index is 0.478. The number of hydrogen-bond acceptors (Lipinski definition) is 2. The molecule has 1 heterocycles. The Morgan fingerprint density at radius 1 is 1.71 bits per heavy atom. The van der Waals surface area contributed by atoms with Gasteiger partial charge >= 0.3 is 5.97 Å². The lowest BCUT2D eigenvalue weighted by Gasteiger charge is -2.08. The first-order chi connectivity index (χ1) is 6.55. The van der Waals surface area contributed by atoms with Gasteiger partial charge in [-0.1, -0.05) is 0 Å². The van der Waals surface area contributed by atoms with Gasteiger partial charge < -0.3 is 5.11 Å². The van der Waals surface area contributed by atoms with Crippen LogP contribution >= 0.6 is 0 Å². The second-order valence-electron chi connectivity index (χ2n) is 4.14. The molecular formula is C10H14N2O2. The van der Waals surface area contributed by atoms with Crippen LogP contribution in [0.1, 0.15) is 24.1 Å². The van der Waals surface area contributed by atoms with E-state index in [0.717, 1.165) is 24.1 Å². The summed E-state index contributed by atoms with van der Waals surface area (Å²) in [6, 6.07) is 0. The summed E-state index contributed by atoms with van der Waals surface area (Å²) in [7, 11) is 1.87. The Hall–Kier alpha value is -1.32. The third-order valence-electron chi connectivity index (χ3n) is 3.17. The highest BCUT2D eigenvalue weighted by Gasteiger charge is 2.50. The number of aliphatic carboxylic acids is 1. The minimum atomic E-state index is -0.666. The molecular weight excluding hydrogens is 180 g/mol. The molecule has 1 aromatic heterocycles. The van der Waals surface area contributed by atoms with Gasteiger partial charge in [0.2, 0.25) is 0 Å². The van der Waals surface area contributed by atoms with Gasteiger partial charge in [-0.3, -0.25) is 9.48 Å². The number of rotatable bonds is 3. The molecule has 0 aromatic carbocycles. The molecule has 1 aromatic rings. The van der Waals surface area contributed by atoms with Crippen molar-refractivity contribution < 1.29 is 9.90 Å². The maximum atomic E-state index is 11.0. The molecule has 1 aliphatic carbocycles. The molecule has 0 aliphatic heterocycles. The van der Waals surface area contributed by atoms with Crippen molar-refractivity contribution >= 4 is 5.97 Å². The van der Waals surface area contributed by atoms with Gasteiger partial charge in [0.1, 0.15) is 0 Å². The van der Waals surface area contributed by atoms with E-state index in [0.29, 0.717) is 6.42 Å². The summed E-state index contributed by atoms with van der Waals surface area (Å²) in [6.45, 7) is 1.97. The van der Waals surface area contributed by atoms with Gasteiger partial charge in [0, 0.05) is 12.7 Å². The predicted molar refractivity (Wildman–Crippen MR) is 51.0 cm³/mol. The van der Waals surface area contributed by atoms with Crippen molar-refractivity contribution in [1.29, 1.82) is 0 Å². The monoisotopic (exact) mass is 194 g/mol. The van der Waals surface area contributed by atoms with Crippen LogP contribution in [0.2, 0.25) is 0 Å². The molecule has 4 heteroatoms. The minimum Gasteiger partial charge on any atom is -0.481 e. The van der Waals surface area contributed by atoms with Crippen LogP contribution in [-0.4, -0.2) is 20.9 Å². The number of hydrogen-bond donors (Lipinski definition) is 1. The lowest BCUT2D eigenvalue weighted by atomic mass is 9.97. The van der Waals surface area contributed by atoms with Gasteiger partial charge in [0.25, 0.3) is 0 Å². The van der Waals surface area contributed by atoms with E-state index in [2.05, 4.69) is 5.10 Å². The zero-order chi connectivity index (χ0) is 10.3. The molecule has 0 radical (unpaired) electrons. The Kier molecular flexibility index (Phi) is 1.87. The molecule has 76 valence electrons. The van der Waals surface area contributed by atoms with Crippen molar-refractivity contribution in [2.45, 2.75) is 26.2 Å². The van der Waals surface area contributed by atoms with Crippen LogP contribution in [0.5, 0.6) is 0 Å². The number of aryl methyl sites for hydroxylation is 1. The van der Waals surface area contributed by atoms with Gasteiger partial charge in [-0.05, 0) is 31.7 Å². The molecule has 1 saturated carbocycles. The van der Waals surface area contributed by atoms with Crippen molar-refractivity contribution in [2.24, 2.45) is 12.5 Å². The highest BCUT2D eigenvalue weighted by atomic mass is 16.4. The fraction of sp³-hybridized carbons (Fsp3) is 0.600. The van der Waals surface area contributed by atoms with Crippen LogP contribution in [0, 0.1) is 12.3 Å². The van der Waals surface area contributed by atoms with Gasteiger partial charge in [0.15, 0.2) is 0 Å². The van der Waals surface area contributed by atoms with Crippen LogP contribution in [-0.2, 0) is 18.3 Å². The summed E-state index contributed by atoms with van der Waals surface area (Å²) in [5.74, 6) is -0.666. The second kappa shape index (κ2) is 2.83. The average molecular weight is 194 g/mol. The highest BCUT2D eigenvalue weighted by molar-refractivity contribution is 5.78. The highest BCUT2D eigenvalue weighted by Crippen LogP contribution is 2.48. The van der Waals surface area contributed by atoms with Crippen LogP contribution in [0.4, 0.5) is 0 Å². The van der Waals surface area contributed by atoms with E-state index in [4.69, 9.17) is 5.11 Å². The molecule has 0 atom stereocenters. The van der Waals surface area contributed by atoms with Crippen LogP contribution in [0.15, 0.2) is 6.20 Å². The van der Waals surface area contributed by atoms with E-state index in [1.807, 2.05) is 14.0 Å². The Morgan fingerprint density at radius 3 is 2.71 bits per heavy atom. The average Bonchev–Trinajstić information content (AvgIpc) is 2.85. The van der Waals surface area contributed by atoms with Crippen molar-refractivity contribution in [3.63, 3.8) is 0 Å². The maximum Gasteiger partial charge on any atom is 0.309 e. The van der Waals surface area contributed by atoms with Gasteiger partial charge in [0.05, 0.1) is 11.6 Å². The number of carboxylic acid groups (broad SMARTS) is 1. The first-order valence-corrected chi connectivity index (χ1v) is 4.76. The van der Waals surface area contributed by atoms with E-state index in [-0.39, 0.29) is 0 Å².